The van der Waals surface area contributed by atoms with Crippen molar-refractivity contribution in [1.82, 2.24) is 0 Å². The molecular formula is C12H20O6. The van der Waals surface area contributed by atoms with Gasteiger partial charge in [-0.2, -0.15) is 0 Å². The van der Waals surface area contributed by atoms with E-state index in [0.717, 1.165) is 0 Å². The van der Waals surface area contributed by atoms with Gasteiger partial charge in [0, 0.05) is 12.2 Å². The molecule has 104 valence electrons. The van der Waals surface area contributed by atoms with E-state index in [9.17, 15) is 9.59 Å². The zero-order valence-electron chi connectivity index (χ0n) is 10.7. The van der Waals surface area contributed by atoms with Gasteiger partial charge in [-0.25, -0.2) is 9.59 Å². The summed E-state index contributed by atoms with van der Waals surface area (Å²) in [7, 11) is 0. The smallest absolute Gasteiger partial charge is 0.330 e. The molecular weight excluding hydrogens is 240 g/mol. The highest BCUT2D eigenvalue weighted by molar-refractivity contribution is 5.82. The van der Waals surface area contributed by atoms with Crippen LogP contribution in [0.15, 0.2) is 24.3 Å². The highest BCUT2D eigenvalue weighted by Crippen LogP contribution is 1.85. The standard InChI is InChI=1S/C10H14O4.C2H6O2/c1-3-5-9(11)13-7-8-14-10(12)6-4-2;3-1-2-4/h3-6H,7-8H2,1-2H3;3-4H,1-2H2/b5-3+,6-4+;. The van der Waals surface area contributed by atoms with Gasteiger partial charge in [0.2, 0.25) is 0 Å². The lowest BCUT2D eigenvalue weighted by molar-refractivity contribution is -0.146. The Hall–Kier alpha value is -1.66. The van der Waals surface area contributed by atoms with E-state index in [1.807, 2.05) is 0 Å². The first-order chi connectivity index (χ1) is 8.62. The van der Waals surface area contributed by atoms with Crippen molar-refractivity contribution in [3.63, 3.8) is 0 Å². The Kier molecular flexibility index (Phi) is 15.9. The van der Waals surface area contributed by atoms with E-state index in [1.54, 1.807) is 26.0 Å². The molecule has 0 aromatic rings. The number of aliphatic hydroxyl groups excluding tert-OH is 2. The highest BCUT2D eigenvalue weighted by atomic mass is 16.6. The minimum absolute atomic E-state index is 0.0759. The second kappa shape index (κ2) is 15.3. The molecule has 0 unspecified atom stereocenters. The molecule has 0 amide bonds. The van der Waals surface area contributed by atoms with Gasteiger partial charge in [-0.05, 0) is 13.8 Å². The number of allylic oxidation sites excluding steroid dienone is 2. The lowest BCUT2D eigenvalue weighted by Gasteiger charge is -2.01. The molecule has 0 aliphatic heterocycles. The summed E-state index contributed by atoms with van der Waals surface area (Å²) in [4.78, 5) is 21.5. The number of ether oxygens (including phenoxy) is 2. The van der Waals surface area contributed by atoms with Crippen molar-refractivity contribution in [2.75, 3.05) is 26.4 Å². The van der Waals surface area contributed by atoms with E-state index in [4.69, 9.17) is 10.2 Å². The van der Waals surface area contributed by atoms with Crippen LogP contribution in [0.4, 0.5) is 0 Å². The van der Waals surface area contributed by atoms with Crippen molar-refractivity contribution in [3.8, 4) is 0 Å². The number of carbonyl (C=O) groups excluding carboxylic acids is 2. The first-order valence-corrected chi connectivity index (χ1v) is 5.43. The van der Waals surface area contributed by atoms with Crippen LogP contribution in [-0.4, -0.2) is 48.6 Å². The fourth-order valence-electron chi connectivity index (χ4n) is 0.653. The second-order valence-corrected chi connectivity index (χ2v) is 2.78. The van der Waals surface area contributed by atoms with Gasteiger partial charge in [-0.15, -0.1) is 0 Å². The Morgan fingerprint density at radius 1 is 0.889 bits per heavy atom. The number of hydrogen-bond acceptors (Lipinski definition) is 6. The van der Waals surface area contributed by atoms with Gasteiger partial charge in [0.15, 0.2) is 0 Å². The molecule has 0 atom stereocenters. The van der Waals surface area contributed by atoms with E-state index in [-0.39, 0.29) is 26.4 Å². The quantitative estimate of drug-likeness (QED) is 0.402. The van der Waals surface area contributed by atoms with Crippen molar-refractivity contribution < 1.29 is 29.3 Å². The number of esters is 2. The Morgan fingerprint density at radius 2 is 1.22 bits per heavy atom. The lowest BCUT2D eigenvalue weighted by atomic mass is 10.5. The SMILES string of the molecule is C/C=C/C(=O)OCCOC(=O)/C=C/C.OCCO. The van der Waals surface area contributed by atoms with Gasteiger partial charge < -0.3 is 19.7 Å². The van der Waals surface area contributed by atoms with Gasteiger partial charge in [0.25, 0.3) is 0 Å². The van der Waals surface area contributed by atoms with Crippen LogP contribution in [0.3, 0.4) is 0 Å². The first kappa shape index (κ1) is 18.7. The van der Waals surface area contributed by atoms with Crippen LogP contribution in [0.25, 0.3) is 0 Å². The lowest BCUT2D eigenvalue weighted by Crippen LogP contribution is -2.11. The minimum atomic E-state index is -0.436. The number of carbonyl (C=O) groups is 2. The topological polar surface area (TPSA) is 93.1 Å². The summed E-state index contributed by atoms with van der Waals surface area (Å²) >= 11 is 0. The van der Waals surface area contributed by atoms with Crippen LogP contribution in [0.2, 0.25) is 0 Å². The van der Waals surface area contributed by atoms with E-state index in [0.29, 0.717) is 0 Å². The van der Waals surface area contributed by atoms with Crippen LogP contribution in [-0.2, 0) is 19.1 Å². The maximum absolute atomic E-state index is 10.7. The number of hydrogen-bond donors (Lipinski definition) is 2. The average molecular weight is 260 g/mol. The van der Waals surface area contributed by atoms with Gasteiger partial charge in [-0.3, -0.25) is 0 Å². The maximum atomic E-state index is 10.7. The largest absolute Gasteiger partial charge is 0.459 e. The molecule has 0 heterocycles. The van der Waals surface area contributed by atoms with Crippen molar-refractivity contribution >= 4 is 11.9 Å². The Balaban J connectivity index is 0. The fourth-order valence-corrected chi connectivity index (χ4v) is 0.653. The van der Waals surface area contributed by atoms with Gasteiger partial charge in [-0.1, -0.05) is 12.2 Å². The average Bonchev–Trinajstić information content (AvgIpc) is 2.36. The molecule has 6 nitrogen and oxygen atoms in total. The van der Waals surface area contributed by atoms with E-state index < -0.39 is 11.9 Å². The van der Waals surface area contributed by atoms with Crippen LogP contribution in [0.1, 0.15) is 13.8 Å². The molecule has 0 fully saturated rings. The summed E-state index contributed by atoms with van der Waals surface area (Å²) < 4.78 is 9.37. The summed E-state index contributed by atoms with van der Waals surface area (Å²) in [6.07, 6.45) is 5.75. The molecule has 0 radical (unpaired) electrons. The molecule has 0 aliphatic rings. The van der Waals surface area contributed by atoms with Crippen LogP contribution in [0, 0.1) is 0 Å². The predicted octanol–water partition coefficient (Wildman–Crippen LogP) is 0.196. The second-order valence-electron chi connectivity index (χ2n) is 2.78. The van der Waals surface area contributed by atoms with Gasteiger partial charge >= 0.3 is 11.9 Å². The van der Waals surface area contributed by atoms with Crippen molar-refractivity contribution in [2.45, 2.75) is 13.8 Å². The molecule has 0 saturated carbocycles. The summed E-state index contributed by atoms with van der Waals surface area (Å²) in [6, 6.07) is 0. The molecule has 0 bridgehead atoms. The monoisotopic (exact) mass is 260 g/mol. The predicted molar refractivity (Wildman–Crippen MR) is 65.7 cm³/mol. The fraction of sp³-hybridized carbons (Fsp3) is 0.500. The Labute approximate surface area is 107 Å². The highest BCUT2D eigenvalue weighted by Gasteiger charge is 1.98. The Morgan fingerprint density at radius 3 is 1.44 bits per heavy atom. The molecule has 6 heteroatoms. The van der Waals surface area contributed by atoms with E-state index >= 15 is 0 Å². The molecule has 2 N–H and O–H groups in total. The van der Waals surface area contributed by atoms with Crippen molar-refractivity contribution in [1.29, 1.82) is 0 Å². The van der Waals surface area contributed by atoms with Crippen LogP contribution >= 0.6 is 0 Å². The zero-order valence-corrected chi connectivity index (χ0v) is 10.7. The zero-order chi connectivity index (χ0) is 14.2. The number of aliphatic hydroxyl groups is 2. The van der Waals surface area contributed by atoms with Crippen molar-refractivity contribution in [3.05, 3.63) is 24.3 Å². The summed E-state index contributed by atoms with van der Waals surface area (Å²) in [5, 5.41) is 15.2. The Bertz CT molecular complexity index is 242. The third-order valence-electron chi connectivity index (χ3n) is 1.28. The summed E-state index contributed by atoms with van der Waals surface area (Å²) in [6.45, 7) is 3.33. The van der Waals surface area contributed by atoms with Crippen molar-refractivity contribution in [2.24, 2.45) is 0 Å². The van der Waals surface area contributed by atoms with Crippen LogP contribution < -0.4 is 0 Å². The normalized spacial score (nSPS) is 10.0. The molecule has 0 spiro atoms. The summed E-state index contributed by atoms with van der Waals surface area (Å²) in [5.74, 6) is -0.871. The van der Waals surface area contributed by atoms with Crippen LogP contribution in [0.5, 0.6) is 0 Å². The first-order valence-electron chi connectivity index (χ1n) is 5.43. The summed E-state index contributed by atoms with van der Waals surface area (Å²) in [5.41, 5.74) is 0. The molecule has 0 saturated heterocycles. The van der Waals surface area contributed by atoms with E-state index in [2.05, 4.69) is 9.47 Å². The third-order valence-corrected chi connectivity index (χ3v) is 1.28. The number of rotatable bonds is 6. The molecule has 0 aromatic carbocycles. The third kappa shape index (κ3) is 16.8. The molecule has 18 heavy (non-hydrogen) atoms. The molecule has 0 aliphatic carbocycles. The molecule has 0 rings (SSSR count). The molecule has 0 aromatic heterocycles. The van der Waals surface area contributed by atoms with Gasteiger partial charge in [0.1, 0.15) is 13.2 Å². The maximum Gasteiger partial charge on any atom is 0.330 e. The van der Waals surface area contributed by atoms with E-state index in [1.165, 1.54) is 12.2 Å². The minimum Gasteiger partial charge on any atom is -0.459 e. The van der Waals surface area contributed by atoms with Gasteiger partial charge in [0.05, 0.1) is 13.2 Å².